The molecule has 5 nitrogen and oxygen atoms in total. The van der Waals surface area contributed by atoms with Crippen molar-refractivity contribution in [3.8, 4) is 0 Å². The van der Waals surface area contributed by atoms with Gasteiger partial charge in [0.25, 0.3) is 0 Å². The number of hydrogen-bond acceptors (Lipinski definition) is 4. The molecule has 0 amide bonds. The number of nitrogens with zero attached hydrogens (tertiary/aromatic N) is 2. The molecular formula is C18H22N4OS. The molecule has 0 aliphatic rings. The van der Waals surface area contributed by atoms with Gasteiger partial charge in [0, 0.05) is 28.9 Å². The molecule has 0 unspecified atom stereocenters. The van der Waals surface area contributed by atoms with E-state index < -0.39 is 11.2 Å². The van der Waals surface area contributed by atoms with E-state index in [0.717, 1.165) is 38.6 Å². The number of benzene rings is 1. The van der Waals surface area contributed by atoms with Crippen molar-refractivity contribution in [2.45, 2.75) is 44.3 Å². The van der Waals surface area contributed by atoms with E-state index in [1.54, 1.807) is 6.20 Å². The topological polar surface area (TPSA) is 76.7 Å². The molecular weight excluding hydrogens is 320 g/mol. The van der Waals surface area contributed by atoms with E-state index in [1.165, 1.54) is 0 Å². The number of aromatic amines is 1. The highest BCUT2D eigenvalue weighted by Crippen LogP contribution is 2.31. The molecule has 0 saturated carbocycles. The predicted octanol–water partition coefficient (Wildman–Crippen LogP) is 4.22. The van der Waals surface area contributed by atoms with Crippen molar-refractivity contribution in [3.63, 3.8) is 0 Å². The van der Waals surface area contributed by atoms with Crippen molar-refractivity contribution in [1.29, 1.82) is 0 Å². The van der Waals surface area contributed by atoms with Gasteiger partial charge >= 0.3 is 0 Å². The number of rotatable bonds is 3. The molecule has 0 aliphatic carbocycles. The molecule has 2 heterocycles. The van der Waals surface area contributed by atoms with Crippen molar-refractivity contribution in [2.24, 2.45) is 0 Å². The first-order valence-electron chi connectivity index (χ1n) is 7.86. The Morgan fingerprint density at radius 1 is 1.17 bits per heavy atom. The summed E-state index contributed by atoms with van der Waals surface area (Å²) in [4.78, 5) is 5.21. The number of aryl methyl sites for hydroxylation is 1. The number of aromatic nitrogens is 3. The zero-order valence-electron chi connectivity index (χ0n) is 14.6. The maximum atomic E-state index is 12.7. The summed E-state index contributed by atoms with van der Waals surface area (Å²) in [6.07, 6.45) is 1.76. The molecule has 2 aromatic heterocycles. The lowest BCUT2D eigenvalue weighted by Gasteiger charge is -2.24. The second-order valence-corrected chi connectivity index (χ2v) is 9.10. The Balaban J connectivity index is 2.06. The molecule has 1 aromatic carbocycles. The summed E-state index contributed by atoms with van der Waals surface area (Å²) in [5.41, 5.74) is 3.88. The molecule has 2 N–H and O–H groups in total. The lowest BCUT2D eigenvalue weighted by Crippen LogP contribution is -2.27. The Kier molecular flexibility index (Phi) is 4.27. The first kappa shape index (κ1) is 16.8. The van der Waals surface area contributed by atoms with Gasteiger partial charge in [-0.1, -0.05) is 0 Å². The number of anilines is 2. The second-order valence-electron chi connectivity index (χ2n) is 6.87. The first-order chi connectivity index (χ1) is 11.3. The maximum absolute atomic E-state index is 12.7. The van der Waals surface area contributed by atoms with E-state index in [9.17, 15) is 4.55 Å². The van der Waals surface area contributed by atoms with Crippen LogP contribution in [0.5, 0.6) is 0 Å². The average Bonchev–Trinajstić information content (AvgIpc) is 2.85. The highest BCUT2D eigenvalue weighted by Gasteiger charge is 2.28. The highest BCUT2D eigenvalue weighted by atomic mass is 32.2. The molecule has 1 atom stereocenters. The minimum atomic E-state index is -1.09. The molecule has 0 aliphatic heterocycles. The summed E-state index contributed by atoms with van der Waals surface area (Å²) in [6, 6.07) is 7.68. The van der Waals surface area contributed by atoms with Crippen LogP contribution in [0.3, 0.4) is 0 Å². The van der Waals surface area contributed by atoms with Gasteiger partial charge in [-0.3, -0.25) is 10.1 Å². The third-order valence-electron chi connectivity index (χ3n) is 3.99. The van der Waals surface area contributed by atoms with Gasteiger partial charge in [-0.2, -0.15) is 5.10 Å². The highest BCUT2D eigenvalue weighted by molar-refractivity contribution is 7.92. The van der Waals surface area contributed by atoms with E-state index in [1.807, 2.05) is 58.9 Å². The number of hydrogen-bond donors (Lipinski definition) is 2. The number of fused-ring (bicyclic) bond motifs is 1. The normalized spacial score (nSPS) is 13.2. The van der Waals surface area contributed by atoms with E-state index >= 15 is 0 Å². The second kappa shape index (κ2) is 6.11. The molecule has 3 aromatic rings. The third kappa shape index (κ3) is 3.12. The fourth-order valence-electron chi connectivity index (χ4n) is 2.44. The van der Waals surface area contributed by atoms with E-state index in [4.69, 9.17) is 0 Å². The summed E-state index contributed by atoms with van der Waals surface area (Å²) in [6.45, 7) is 9.94. The molecule has 0 radical (unpaired) electrons. The molecule has 126 valence electrons. The van der Waals surface area contributed by atoms with Crippen LogP contribution in [-0.2, 0) is 11.2 Å². The third-order valence-corrected chi connectivity index (χ3v) is 5.78. The zero-order valence-corrected chi connectivity index (χ0v) is 15.4. The fraction of sp³-hybridized carbons (Fsp3) is 0.333. The van der Waals surface area contributed by atoms with Crippen molar-refractivity contribution in [2.75, 3.05) is 5.32 Å². The minimum absolute atomic E-state index is 0.306. The van der Waals surface area contributed by atoms with E-state index in [2.05, 4.69) is 20.5 Å². The van der Waals surface area contributed by atoms with Gasteiger partial charge in [0.05, 0.1) is 11.2 Å². The Morgan fingerprint density at radius 3 is 2.54 bits per heavy atom. The number of nitrogens with one attached hydrogen (secondary N) is 2. The molecule has 0 fully saturated rings. The first-order valence-corrected chi connectivity index (χ1v) is 9.01. The van der Waals surface area contributed by atoms with E-state index in [-0.39, 0.29) is 4.75 Å². The van der Waals surface area contributed by atoms with Gasteiger partial charge in [0.2, 0.25) is 0 Å². The summed E-state index contributed by atoms with van der Waals surface area (Å²) in [7, 11) is 0. The summed E-state index contributed by atoms with van der Waals surface area (Å²) >= 11 is -1.09. The molecule has 24 heavy (non-hydrogen) atoms. The van der Waals surface area contributed by atoms with Crippen LogP contribution in [0.4, 0.5) is 11.5 Å². The lowest BCUT2D eigenvalue weighted by molar-refractivity contribution is 0.559. The standard InChI is InChI=1S/C18H22N4OS/c1-11-12(2)21-22-17(11)20-16-8-9-19-15-7-6-13(10-14(15)16)24(23)18(3,4)5/h6-10H,1-5H3,(H2,19,20,21,22)/t24-/m0/s1. The Labute approximate surface area is 145 Å². The van der Waals surface area contributed by atoms with Crippen LogP contribution in [-0.4, -0.2) is 24.5 Å². The Bertz CT molecular complexity index is 882. The van der Waals surface area contributed by atoms with Crippen molar-refractivity contribution in [1.82, 2.24) is 15.2 Å². The van der Waals surface area contributed by atoms with Crippen molar-refractivity contribution in [3.05, 3.63) is 41.7 Å². The summed E-state index contributed by atoms with van der Waals surface area (Å²) in [5.74, 6) is 0.794. The van der Waals surface area contributed by atoms with E-state index in [0.29, 0.717) is 0 Å². The zero-order chi connectivity index (χ0) is 17.5. The molecule has 6 heteroatoms. The fourth-order valence-corrected chi connectivity index (χ4v) is 3.56. The van der Waals surface area contributed by atoms with Gasteiger partial charge < -0.3 is 9.87 Å². The number of pyridine rings is 1. The molecule has 0 bridgehead atoms. The smallest absolute Gasteiger partial charge is 0.155 e. The summed E-state index contributed by atoms with van der Waals surface area (Å²) in [5, 5.41) is 11.6. The van der Waals surface area contributed by atoms with Gasteiger partial charge in [-0.25, -0.2) is 0 Å². The SMILES string of the molecule is Cc1[nH]nc(Nc2ccnc3ccc([S@+]([O-])C(C)(C)C)cc23)c1C. The number of H-pyrrole nitrogens is 1. The minimum Gasteiger partial charge on any atom is -0.611 e. The van der Waals surface area contributed by atoms with Crippen LogP contribution in [0.1, 0.15) is 32.0 Å². The van der Waals surface area contributed by atoms with Crippen LogP contribution in [0.15, 0.2) is 35.4 Å². The van der Waals surface area contributed by atoms with Crippen LogP contribution in [0, 0.1) is 13.8 Å². The monoisotopic (exact) mass is 342 g/mol. The lowest BCUT2D eigenvalue weighted by atomic mass is 10.2. The van der Waals surface area contributed by atoms with Crippen LogP contribution in [0.25, 0.3) is 10.9 Å². The maximum Gasteiger partial charge on any atom is 0.155 e. The van der Waals surface area contributed by atoms with Crippen LogP contribution in [0.2, 0.25) is 0 Å². The molecule has 0 spiro atoms. The van der Waals surface area contributed by atoms with Gasteiger partial charge in [-0.15, -0.1) is 0 Å². The Hall–Kier alpha value is -2.05. The summed E-state index contributed by atoms with van der Waals surface area (Å²) < 4.78 is 12.4. The molecule has 3 rings (SSSR count). The van der Waals surface area contributed by atoms with Gasteiger partial charge in [0.1, 0.15) is 4.75 Å². The average molecular weight is 342 g/mol. The molecule has 0 saturated heterocycles. The van der Waals surface area contributed by atoms with Gasteiger partial charge in [0.15, 0.2) is 10.7 Å². The van der Waals surface area contributed by atoms with Crippen LogP contribution >= 0.6 is 0 Å². The predicted molar refractivity (Wildman–Crippen MR) is 99.2 cm³/mol. The van der Waals surface area contributed by atoms with Crippen molar-refractivity contribution < 1.29 is 4.55 Å². The van der Waals surface area contributed by atoms with Crippen molar-refractivity contribution >= 4 is 33.6 Å². The van der Waals surface area contributed by atoms with Gasteiger partial charge in [-0.05, 0) is 64.0 Å². The van der Waals surface area contributed by atoms with Crippen LogP contribution < -0.4 is 5.32 Å². The Morgan fingerprint density at radius 2 is 1.92 bits per heavy atom. The largest absolute Gasteiger partial charge is 0.611 e. The quantitative estimate of drug-likeness (QED) is 0.699.